The molecule has 1 aromatic heterocycles. The van der Waals surface area contributed by atoms with Crippen LogP contribution in [-0.4, -0.2) is 10.9 Å². The third kappa shape index (κ3) is 2.27. The van der Waals surface area contributed by atoms with Gasteiger partial charge in [0.25, 0.3) is 5.91 Å². The van der Waals surface area contributed by atoms with Crippen LogP contribution in [0.25, 0.3) is 6.08 Å². The Labute approximate surface area is 125 Å². The minimum Gasteiger partial charge on any atom is -0.298 e. The van der Waals surface area contributed by atoms with Crippen LogP contribution in [0.5, 0.6) is 0 Å². The number of nitrogens with one attached hydrogen (secondary N) is 1. The van der Waals surface area contributed by atoms with Crippen LogP contribution in [0.1, 0.15) is 28.1 Å². The molecule has 1 N–H and O–H groups in total. The molecule has 1 amide bonds. The molecule has 4 rings (SSSR count). The molecule has 3 nitrogen and oxygen atoms in total. The van der Waals surface area contributed by atoms with Gasteiger partial charge in [-0.1, -0.05) is 6.07 Å². The van der Waals surface area contributed by atoms with Crippen LogP contribution < -0.4 is 5.32 Å². The fourth-order valence-corrected chi connectivity index (χ4v) is 3.92. The molecule has 21 heavy (non-hydrogen) atoms. The number of anilines is 1. The van der Waals surface area contributed by atoms with Crippen molar-refractivity contribution >= 4 is 28.5 Å². The number of carbonyl (C=O) groups excluding carboxylic acids is 1. The van der Waals surface area contributed by atoms with Crippen molar-refractivity contribution in [2.24, 2.45) is 0 Å². The molecule has 0 saturated carbocycles. The van der Waals surface area contributed by atoms with Gasteiger partial charge in [-0.15, -0.1) is 11.3 Å². The maximum atomic E-state index is 13.2. The second-order valence-corrected chi connectivity index (χ2v) is 6.47. The van der Waals surface area contributed by atoms with Crippen LogP contribution in [0.3, 0.4) is 0 Å². The molecule has 1 aromatic carbocycles. The lowest BCUT2D eigenvalue weighted by Crippen LogP contribution is -2.14. The number of halogens is 1. The van der Waals surface area contributed by atoms with Crippen molar-refractivity contribution in [3.63, 3.8) is 0 Å². The van der Waals surface area contributed by atoms with E-state index in [1.807, 2.05) is 0 Å². The highest BCUT2D eigenvalue weighted by Gasteiger charge is 2.22. The highest BCUT2D eigenvalue weighted by molar-refractivity contribution is 7.16. The average molecular weight is 300 g/mol. The summed E-state index contributed by atoms with van der Waals surface area (Å²) in [6.45, 7) is 0. The van der Waals surface area contributed by atoms with Crippen molar-refractivity contribution < 1.29 is 9.18 Å². The number of aromatic nitrogens is 1. The molecule has 0 bridgehead atoms. The maximum absolute atomic E-state index is 13.2. The fraction of sp³-hybridized carbons (Fsp3) is 0.250. The number of aryl methyl sites for hydroxylation is 2. The first-order valence-corrected chi connectivity index (χ1v) is 7.79. The summed E-state index contributed by atoms with van der Waals surface area (Å²) in [7, 11) is 0. The van der Waals surface area contributed by atoms with Crippen LogP contribution >= 0.6 is 11.3 Å². The van der Waals surface area contributed by atoms with Crippen molar-refractivity contribution in [2.75, 3.05) is 5.32 Å². The Balaban J connectivity index is 1.52. The van der Waals surface area contributed by atoms with E-state index in [-0.39, 0.29) is 11.7 Å². The van der Waals surface area contributed by atoms with E-state index >= 15 is 0 Å². The lowest BCUT2D eigenvalue weighted by molar-refractivity contribution is -0.112. The third-order valence-electron chi connectivity index (χ3n) is 3.93. The molecule has 2 aliphatic carbocycles. The zero-order chi connectivity index (χ0) is 14.4. The largest absolute Gasteiger partial charge is 0.298 e. The first-order chi connectivity index (χ1) is 10.2. The van der Waals surface area contributed by atoms with E-state index in [1.165, 1.54) is 17.0 Å². The predicted molar refractivity (Wildman–Crippen MR) is 80.8 cm³/mol. The quantitative estimate of drug-likeness (QED) is 0.924. The Morgan fingerprint density at radius 3 is 3.10 bits per heavy atom. The molecule has 5 heteroatoms. The number of thiazole rings is 1. The molecule has 0 atom stereocenters. The molecule has 0 unspecified atom stereocenters. The molecule has 0 saturated heterocycles. The summed E-state index contributed by atoms with van der Waals surface area (Å²) < 4.78 is 13.2. The smallest absolute Gasteiger partial charge is 0.253 e. The third-order valence-corrected chi connectivity index (χ3v) is 5.00. The monoisotopic (exact) mass is 300 g/mol. The number of amides is 1. The molecule has 2 aromatic rings. The Hall–Kier alpha value is -2.01. The van der Waals surface area contributed by atoms with Gasteiger partial charge in [-0.25, -0.2) is 9.37 Å². The molecule has 0 radical (unpaired) electrons. The predicted octanol–water partition coefficient (Wildman–Crippen LogP) is 3.35. The average Bonchev–Trinajstić information content (AvgIpc) is 3.10. The van der Waals surface area contributed by atoms with E-state index in [4.69, 9.17) is 0 Å². The SMILES string of the molecule is O=C(Nc1nc2c(s1)CCC2)C1=Cc2cc(F)ccc2C1. The Kier molecular flexibility index (Phi) is 2.89. The lowest BCUT2D eigenvalue weighted by Gasteiger charge is -2.02. The first kappa shape index (κ1) is 12.7. The van der Waals surface area contributed by atoms with E-state index in [9.17, 15) is 9.18 Å². The van der Waals surface area contributed by atoms with Crippen LogP contribution in [0.15, 0.2) is 23.8 Å². The summed E-state index contributed by atoms with van der Waals surface area (Å²) in [6.07, 6.45) is 5.54. The normalized spacial score (nSPS) is 15.6. The van der Waals surface area contributed by atoms with Gasteiger partial charge in [0.2, 0.25) is 0 Å². The van der Waals surface area contributed by atoms with Gasteiger partial charge in [0.05, 0.1) is 5.69 Å². The van der Waals surface area contributed by atoms with Gasteiger partial charge in [0.15, 0.2) is 5.13 Å². The highest BCUT2D eigenvalue weighted by atomic mass is 32.1. The molecule has 0 spiro atoms. The lowest BCUT2D eigenvalue weighted by atomic mass is 10.1. The molecule has 0 aliphatic heterocycles. The van der Waals surface area contributed by atoms with Gasteiger partial charge in [-0.2, -0.15) is 0 Å². The van der Waals surface area contributed by atoms with Crippen LogP contribution in [0.2, 0.25) is 0 Å². The Bertz CT molecular complexity index is 757. The van der Waals surface area contributed by atoms with Gasteiger partial charge < -0.3 is 0 Å². The summed E-state index contributed by atoms with van der Waals surface area (Å²) in [4.78, 5) is 18.0. The van der Waals surface area contributed by atoms with Gasteiger partial charge in [0.1, 0.15) is 5.82 Å². The number of nitrogens with zero attached hydrogens (tertiary/aromatic N) is 1. The van der Waals surface area contributed by atoms with Crippen LogP contribution in [-0.2, 0) is 24.1 Å². The maximum Gasteiger partial charge on any atom is 0.253 e. The molecule has 106 valence electrons. The van der Waals surface area contributed by atoms with E-state index in [0.717, 1.165) is 36.1 Å². The van der Waals surface area contributed by atoms with E-state index < -0.39 is 0 Å². The number of carbonyl (C=O) groups is 1. The van der Waals surface area contributed by atoms with Crippen molar-refractivity contribution in [1.82, 2.24) is 4.98 Å². The number of benzene rings is 1. The second-order valence-electron chi connectivity index (χ2n) is 5.39. The van der Waals surface area contributed by atoms with E-state index in [2.05, 4.69) is 10.3 Å². The summed E-state index contributed by atoms with van der Waals surface area (Å²) in [5.41, 5.74) is 3.57. The molecular formula is C16H13FN2OS. The summed E-state index contributed by atoms with van der Waals surface area (Å²) in [5, 5.41) is 3.54. The van der Waals surface area contributed by atoms with Gasteiger partial charge in [-0.05, 0) is 48.6 Å². The minimum atomic E-state index is -0.275. The van der Waals surface area contributed by atoms with Crippen molar-refractivity contribution in [2.45, 2.75) is 25.7 Å². The van der Waals surface area contributed by atoms with Gasteiger partial charge in [-0.3, -0.25) is 10.1 Å². The Morgan fingerprint density at radius 1 is 1.33 bits per heavy atom. The van der Waals surface area contributed by atoms with Crippen molar-refractivity contribution in [1.29, 1.82) is 0 Å². The number of hydrogen-bond acceptors (Lipinski definition) is 3. The molecule has 1 heterocycles. The Morgan fingerprint density at radius 2 is 2.24 bits per heavy atom. The van der Waals surface area contributed by atoms with E-state index in [0.29, 0.717) is 17.1 Å². The van der Waals surface area contributed by atoms with Crippen molar-refractivity contribution in [3.05, 3.63) is 51.3 Å². The molecule has 0 fully saturated rings. The number of rotatable bonds is 2. The minimum absolute atomic E-state index is 0.140. The first-order valence-electron chi connectivity index (χ1n) is 6.98. The van der Waals surface area contributed by atoms with E-state index in [1.54, 1.807) is 23.5 Å². The summed E-state index contributed by atoms with van der Waals surface area (Å²) in [6, 6.07) is 4.63. The number of hydrogen-bond donors (Lipinski definition) is 1. The highest BCUT2D eigenvalue weighted by Crippen LogP contribution is 2.31. The summed E-state index contributed by atoms with van der Waals surface area (Å²) in [5.74, 6) is -0.415. The van der Waals surface area contributed by atoms with Crippen molar-refractivity contribution in [3.8, 4) is 0 Å². The second kappa shape index (κ2) is 4.77. The summed E-state index contributed by atoms with van der Waals surface area (Å²) >= 11 is 1.57. The molecule has 2 aliphatic rings. The molecular weight excluding hydrogens is 287 g/mol. The van der Waals surface area contributed by atoms with Crippen LogP contribution in [0.4, 0.5) is 9.52 Å². The topological polar surface area (TPSA) is 42.0 Å². The van der Waals surface area contributed by atoms with Crippen LogP contribution in [0, 0.1) is 5.82 Å². The zero-order valence-electron chi connectivity index (χ0n) is 11.3. The van der Waals surface area contributed by atoms with Gasteiger partial charge in [0, 0.05) is 16.9 Å². The van der Waals surface area contributed by atoms with Gasteiger partial charge >= 0.3 is 0 Å². The zero-order valence-corrected chi connectivity index (χ0v) is 12.1. The fourth-order valence-electron chi connectivity index (χ4n) is 2.87. The number of fused-ring (bicyclic) bond motifs is 2. The standard InChI is InChI=1S/C16H13FN2OS/c17-12-5-4-9-6-11(7-10(9)8-12)15(20)19-16-18-13-2-1-3-14(13)21-16/h4-5,7-8H,1-3,6H2,(H,18,19,20).